The van der Waals surface area contributed by atoms with Crippen LogP contribution in [-0.2, 0) is 4.79 Å². The molecule has 220 valence electrons. The number of amides is 2. The molecular weight excluding hydrogens is 546 g/mol. The smallest absolute Gasteiger partial charge is 0.371 e. The fraction of sp³-hybridized carbons (Fsp3) is 0.242. The summed E-state index contributed by atoms with van der Waals surface area (Å²) in [6.45, 7) is 2.00. The lowest BCUT2D eigenvalue weighted by atomic mass is 9.87. The largest absolute Gasteiger partial charge is 0.475 e. The highest BCUT2D eigenvalue weighted by Crippen LogP contribution is 2.34. The van der Waals surface area contributed by atoms with Gasteiger partial charge in [-0.1, -0.05) is 31.4 Å². The van der Waals surface area contributed by atoms with Gasteiger partial charge in [0.1, 0.15) is 11.6 Å². The summed E-state index contributed by atoms with van der Waals surface area (Å²) in [5.41, 5.74) is 8.77. The maximum atomic E-state index is 13.8. The number of benzene rings is 2. The molecule has 0 spiro atoms. The molecule has 4 N–H and O–H groups in total. The molecule has 2 aromatic carbocycles. The molecule has 5 aromatic rings. The fourth-order valence-electron chi connectivity index (χ4n) is 5.29. The third kappa shape index (κ3) is 6.81. The van der Waals surface area contributed by atoms with Crippen molar-refractivity contribution in [3.63, 3.8) is 0 Å². The summed E-state index contributed by atoms with van der Waals surface area (Å²) in [7, 11) is 0. The summed E-state index contributed by atoms with van der Waals surface area (Å²) in [6, 6.07) is 21.3. The highest BCUT2D eigenvalue weighted by molar-refractivity contribution is 5.96. The van der Waals surface area contributed by atoms with E-state index < -0.39 is 11.9 Å². The fourth-order valence-corrected chi connectivity index (χ4v) is 5.29. The molecule has 1 aliphatic rings. The van der Waals surface area contributed by atoms with Gasteiger partial charge in [0.25, 0.3) is 0 Å². The average molecular weight is 580 g/mol. The predicted octanol–water partition coefficient (Wildman–Crippen LogP) is 6.38. The molecule has 0 aliphatic heterocycles. The SMILES string of the molecule is CC(c1nc2ccccc2[nH]1)N(C(=O)C1CCCCC1)c1ccc(-c2ccc(C(=O)O)o2)cc1.NC(=O)c1ccncc1. The van der Waals surface area contributed by atoms with E-state index in [0.717, 1.165) is 53.8 Å². The maximum absolute atomic E-state index is 13.8. The van der Waals surface area contributed by atoms with E-state index in [2.05, 4.69) is 9.97 Å². The van der Waals surface area contributed by atoms with Gasteiger partial charge >= 0.3 is 5.97 Å². The van der Waals surface area contributed by atoms with Crippen molar-refractivity contribution in [1.82, 2.24) is 15.0 Å². The van der Waals surface area contributed by atoms with Crippen LogP contribution in [0.4, 0.5) is 5.69 Å². The quantitative estimate of drug-likeness (QED) is 0.202. The van der Waals surface area contributed by atoms with Crippen LogP contribution in [0.3, 0.4) is 0 Å². The van der Waals surface area contributed by atoms with E-state index >= 15 is 0 Å². The molecule has 3 heterocycles. The number of imidazole rings is 1. The minimum Gasteiger partial charge on any atom is -0.475 e. The molecule has 0 bridgehead atoms. The van der Waals surface area contributed by atoms with Crippen molar-refractivity contribution in [1.29, 1.82) is 0 Å². The molecule has 2 amide bonds. The van der Waals surface area contributed by atoms with Gasteiger partial charge in [-0.05, 0) is 80.4 Å². The number of aromatic amines is 1. The molecule has 6 rings (SSSR count). The molecule has 3 aromatic heterocycles. The predicted molar refractivity (Wildman–Crippen MR) is 162 cm³/mol. The highest BCUT2D eigenvalue weighted by Gasteiger charge is 2.32. The lowest BCUT2D eigenvalue weighted by molar-refractivity contribution is -0.123. The first-order valence-electron chi connectivity index (χ1n) is 14.2. The molecule has 43 heavy (non-hydrogen) atoms. The van der Waals surface area contributed by atoms with Gasteiger partial charge in [0.05, 0.1) is 17.1 Å². The summed E-state index contributed by atoms with van der Waals surface area (Å²) >= 11 is 0. The number of aromatic nitrogens is 3. The topological polar surface area (TPSA) is 155 Å². The van der Waals surface area contributed by atoms with E-state index in [9.17, 15) is 14.4 Å². The highest BCUT2D eigenvalue weighted by atomic mass is 16.4. The van der Waals surface area contributed by atoms with Gasteiger partial charge in [-0.15, -0.1) is 0 Å². The number of pyridine rings is 1. The van der Waals surface area contributed by atoms with E-state index in [0.29, 0.717) is 11.3 Å². The Hall–Kier alpha value is -5.25. The van der Waals surface area contributed by atoms with Crippen LogP contribution in [0.1, 0.15) is 71.8 Å². The minimum atomic E-state index is -1.10. The molecule has 1 atom stereocenters. The van der Waals surface area contributed by atoms with Crippen molar-refractivity contribution in [2.45, 2.75) is 45.1 Å². The van der Waals surface area contributed by atoms with Crippen molar-refractivity contribution in [2.75, 3.05) is 4.90 Å². The molecular formula is C33H33N5O5. The normalized spacial score (nSPS) is 14.0. The van der Waals surface area contributed by atoms with Crippen molar-refractivity contribution in [2.24, 2.45) is 11.7 Å². The number of hydrogen-bond donors (Lipinski definition) is 3. The number of nitrogens with zero attached hydrogens (tertiary/aromatic N) is 3. The zero-order valence-electron chi connectivity index (χ0n) is 23.8. The number of nitrogens with one attached hydrogen (secondary N) is 1. The number of carboxylic acid groups (broad SMARTS) is 1. The van der Waals surface area contributed by atoms with Crippen LogP contribution in [0, 0.1) is 5.92 Å². The monoisotopic (exact) mass is 579 g/mol. The van der Waals surface area contributed by atoms with E-state index in [-0.39, 0.29) is 23.6 Å². The second-order valence-electron chi connectivity index (χ2n) is 10.5. The summed E-state index contributed by atoms with van der Waals surface area (Å²) in [6.07, 6.45) is 8.20. The van der Waals surface area contributed by atoms with Crippen LogP contribution in [0.25, 0.3) is 22.4 Å². The number of furan rings is 1. The zero-order chi connectivity index (χ0) is 30.3. The Kier molecular flexibility index (Phi) is 8.95. The number of anilines is 1. The van der Waals surface area contributed by atoms with Crippen LogP contribution < -0.4 is 10.6 Å². The zero-order valence-corrected chi connectivity index (χ0v) is 23.8. The lowest BCUT2D eigenvalue weighted by Crippen LogP contribution is -2.39. The molecule has 1 saturated carbocycles. The van der Waals surface area contributed by atoms with Gasteiger partial charge in [0.2, 0.25) is 17.6 Å². The molecule has 1 fully saturated rings. The standard InChI is InChI=1S/C27H27N3O4.C6H6N2O/c1-17(25-28-21-9-5-6-10-22(21)29-25)30(26(31)19-7-3-2-4-8-19)20-13-11-18(12-14-20)23-15-16-24(34-23)27(32)33;7-6(9)5-1-3-8-4-2-5/h5-6,9-17,19H,2-4,7-8H2,1H3,(H,28,29)(H,32,33);1-4H,(H2,7,9). The number of nitrogens with two attached hydrogens (primary N) is 1. The van der Waals surface area contributed by atoms with Gasteiger partial charge in [-0.3, -0.25) is 14.6 Å². The molecule has 0 saturated heterocycles. The van der Waals surface area contributed by atoms with E-state index in [1.165, 1.54) is 24.9 Å². The van der Waals surface area contributed by atoms with Crippen molar-refractivity contribution < 1.29 is 23.9 Å². The number of hydrogen-bond acceptors (Lipinski definition) is 6. The first-order valence-corrected chi connectivity index (χ1v) is 14.2. The molecule has 1 aliphatic carbocycles. The Labute approximate surface area is 248 Å². The van der Waals surface area contributed by atoms with Gasteiger partial charge < -0.3 is 25.1 Å². The number of carboxylic acids is 1. The Morgan fingerprint density at radius 3 is 2.26 bits per heavy atom. The van der Waals surface area contributed by atoms with E-state index in [1.54, 1.807) is 18.2 Å². The summed E-state index contributed by atoms with van der Waals surface area (Å²) in [4.78, 5) is 49.0. The van der Waals surface area contributed by atoms with Gasteiger partial charge in [0, 0.05) is 35.1 Å². The van der Waals surface area contributed by atoms with E-state index in [1.807, 2.05) is 60.4 Å². The molecule has 10 heteroatoms. The number of primary amides is 1. The minimum absolute atomic E-state index is 0.00320. The van der Waals surface area contributed by atoms with Gasteiger partial charge in [-0.25, -0.2) is 9.78 Å². The van der Waals surface area contributed by atoms with Gasteiger partial charge in [0.15, 0.2) is 0 Å². The number of carbonyl (C=O) groups excluding carboxylic acids is 2. The van der Waals surface area contributed by atoms with Crippen LogP contribution >= 0.6 is 0 Å². The summed E-state index contributed by atoms with van der Waals surface area (Å²) < 4.78 is 5.43. The van der Waals surface area contributed by atoms with Crippen molar-refractivity contribution >= 4 is 34.5 Å². The lowest BCUT2D eigenvalue weighted by Gasteiger charge is -2.33. The average Bonchev–Trinajstić information content (AvgIpc) is 3.71. The van der Waals surface area contributed by atoms with Crippen molar-refractivity contribution in [3.05, 3.63) is 102 Å². The van der Waals surface area contributed by atoms with Crippen molar-refractivity contribution in [3.8, 4) is 11.3 Å². The van der Waals surface area contributed by atoms with E-state index in [4.69, 9.17) is 20.2 Å². The number of fused-ring (bicyclic) bond motifs is 1. The Morgan fingerprint density at radius 1 is 0.953 bits per heavy atom. The van der Waals surface area contributed by atoms with Gasteiger partial charge in [-0.2, -0.15) is 0 Å². The number of rotatable bonds is 7. The first kappa shape index (κ1) is 29.2. The third-order valence-corrected chi connectivity index (χ3v) is 7.59. The Balaban J connectivity index is 0.000000351. The van der Waals surface area contributed by atoms with Crippen LogP contribution in [0.15, 0.2) is 89.6 Å². The number of para-hydroxylation sites is 2. The number of carbonyl (C=O) groups is 3. The number of H-pyrrole nitrogens is 1. The third-order valence-electron chi connectivity index (χ3n) is 7.59. The first-order chi connectivity index (χ1) is 20.8. The maximum Gasteiger partial charge on any atom is 0.371 e. The van der Waals surface area contributed by atoms with Crippen LogP contribution in [0.2, 0.25) is 0 Å². The molecule has 10 nitrogen and oxygen atoms in total. The summed E-state index contributed by atoms with van der Waals surface area (Å²) in [5, 5.41) is 9.12. The second kappa shape index (κ2) is 13.2. The number of aromatic carboxylic acids is 1. The molecule has 1 unspecified atom stereocenters. The Bertz CT molecular complexity index is 1670. The summed E-state index contributed by atoms with van der Waals surface area (Å²) in [5.74, 6) is -0.295. The van der Waals surface area contributed by atoms with Crippen LogP contribution in [-0.4, -0.2) is 37.8 Å². The van der Waals surface area contributed by atoms with Crippen LogP contribution in [0.5, 0.6) is 0 Å². The second-order valence-corrected chi connectivity index (χ2v) is 10.5. The Morgan fingerprint density at radius 2 is 1.65 bits per heavy atom. The molecule has 0 radical (unpaired) electrons.